The van der Waals surface area contributed by atoms with Crippen molar-refractivity contribution < 1.29 is 14.7 Å². The Balaban J connectivity index is 1.57. The molecule has 184 valence electrons. The van der Waals surface area contributed by atoms with Gasteiger partial charge in [-0.1, -0.05) is 85.8 Å². The summed E-state index contributed by atoms with van der Waals surface area (Å²) >= 11 is 0. The number of carbonyl (C=O) groups excluding carboxylic acids is 2. The van der Waals surface area contributed by atoms with Gasteiger partial charge in [-0.3, -0.25) is 14.9 Å². The summed E-state index contributed by atoms with van der Waals surface area (Å²) in [6, 6.07) is 25.3. The van der Waals surface area contributed by atoms with E-state index in [4.69, 9.17) is 5.73 Å². The summed E-state index contributed by atoms with van der Waals surface area (Å²) in [6.07, 6.45) is -0.466. The Kier molecular flexibility index (Phi) is 9.73. The molecule has 0 bridgehead atoms. The highest BCUT2D eigenvalue weighted by Gasteiger charge is 2.25. The fraction of sp³-hybridized carbons (Fsp3) is 0.310. The first-order valence-electron chi connectivity index (χ1n) is 12.0. The first kappa shape index (κ1) is 26.3. The highest BCUT2D eigenvalue weighted by atomic mass is 16.3. The molecule has 0 fully saturated rings. The average Bonchev–Trinajstić information content (AvgIpc) is 2.87. The monoisotopic (exact) mass is 473 g/mol. The van der Waals surface area contributed by atoms with Crippen LogP contribution in [-0.2, 0) is 29.1 Å². The lowest BCUT2D eigenvalue weighted by Crippen LogP contribution is -2.51. The zero-order valence-corrected chi connectivity index (χ0v) is 20.4. The van der Waals surface area contributed by atoms with Gasteiger partial charge in [0.25, 0.3) is 0 Å². The number of benzene rings is 3. The van der Waals surface area contributed by atoms with E-state index >= 15 is 0 Å². The minimum atomic E-state index is -1.07. The molecule has 0 aliphatic rings. The third kappa shape index (κ3) is 8.14. The Hall–Kier alpha value is -3.32. The minimum Gasteiger partial charge on any atom is -0.376 e. The van der Waals surface area contributed by atoms with Gasteiger partial charge in [-0.15, -0.1) is 0 Å². The summed E-state index contributed by atoms with van der Waals surface area (Å²) in [4.78, 5) is 24.7. The smallest absolute Gasteiger partial charge is 0.223 e. The van der Waals surface area contributed by atoms with Crippen LogP contribution in [-0.4, -0.2) is 29.1 Å². The SMILES string of the molecule is CC(=O)C[C@H](NC(=O)[C@@H](C)Cc1ccc(-c2ccccc2)cc1)[C@@H](O)NCc1cccc(CN)c1. The maximum atomic E-state index is 12.9. The van der Waals surface area contributed by atoms with Crippen LogP contribution in [0.3, 0.4) is 0 Å². The van der Waals surface area contributed by atoms with Crippen LogP contribution >= 0.6 is 0 Å². The number of Topliss-reactive ketones (excluding diaryl/α,β-unsaturated/α-hetero) is 1. The third-order valence-electron chi connectivity index (χ3n) is 6.01. The van der Waals surface area contributed by atoms with Crippen molar-refractivity contribution in [3.8, 4) is 11.1 Å². The minimum absolute atomic E-state index is 0.0429. The summed E-state index contributed by atoms with van der Waals surface area (Å²) in [5, 5.41) is 16.6. The number of ketones is 1. The summed E-state index contributed by atoms with van der Waals surface area (Å²) in [6.45, 7) is 4.13. The van der Waals surface area contributed by atoms with Crippen molar-refractivity contribution >= 4 is 11.7 Å². The van der Waals surface area contributed by atoms with Gasteiger partial charge in [0.05, 0.1) is 6.04 Å². The predicted octanol–water partition coefficient (Wildman–Crippen LogP) is 3.56. The van der Waals surface area contributed by atoms with Gasteiger partial charge in [0.2, 0.25) is 5.91 Å². The van der Waals surface area contributed by atoms with Crippen LogP contribution in [0.1, 0.15) is 37.0 Å². The van der Waals surface area contributed by atoms with Crippen LogP contribution in [0.15, 0.2) is 78.9 Å². The van der Waals surface area contributed by atoms with Crippen LogP contribution < -0.4 is 16.4 Å². The number of hydrogen-bond acceptors (Lipinski definition) is 5. The topological polar surface area (TPSA) is 104 Å². The molecule has 3 atom stereocenters. The number of aliphatic hydroxyl groups excluding tert-OH is 1. The van der Waals surface area contributed by atoms with E-state index in [1.807, 2.05) is 61.5 Å². The Labute approximate surface area is 207 Å². The highest BCUT2D eigenvalue weighted by molar-refractivity contribution is 5.81. The lowest BCUT2D eigenvalue weighted by molar-refractivity contribution is -0.127. The number of nitrogens with two attached hydrogens (primary N) is 1. The quantitative estimate of drug-likeness (QED) is 0.301. The number of hydrogen-bond donors (Lipinski definition) is 4. The maximum absolute atomic E-state index is 12.9. The zero-order valence-electron chi connectivity index (χ0n) is 20.4. The first-order chi connectivity index (χ1) is 16.9. The molecule has 3 aromatic rings. The van der Waals surface area contributed by atoms with Gasteiger partial charge >= 0.3 is 0 Å². The van der Waals surface area contributed by atoms with Gasteiger partial charge in [-0.2, -0.15) is 0 Å². The van der Waals surface area contributed by atoms with E-state index in [0.717, 1.165) is 27.8 Å². The van der Waals surface area contributed by atoms with E-state index in [0.29, 0.717) is 19.5 Å². The molecule has 5 N–H and O–H groups in total. The average molecular weight is 474 g/mol. The Morgan fingerprint density at radius 2 is 1.54 bits per heavy atom. The molecule has 1 amide bonds. The number of nitrogens with one attached hydrogen (secondary N) is 2. The third-order valence-corrected chi connectivity index (χ3v) is 6.01. The molecular weight excluding hydrogens is 438 g/mol. The van der Waals surface area contributed by atoms with Crippen molar-refractivity contribution in [2.45, 2.75) is 52.0 Å². The van der Waals surface area contributed by atoms with Gasteiger partial charge < -0.3 is 16.2 Å². The maximum Gasteiger partial charge on any atom is 0.223 e. The van der Waals surface area contributed by atoms with E-state index in [9.17, 15) is 14.7 Å². The highest BCUT2D eigenvalue weighted by Crippen LogP contribution is 2.20. The van der Waals surface area contributed by atoms with Crippen molar-refractivity contribution in [2.24, 2.45) is 11.7 Å². The van der Waals surface area contributed by atoms with Crippen molar-refractivity contribution in [3.63, 3.8) is 0 Å². The fourth-order valence-corrected chi connectivity index (χ4v) is 4.02. The number of carbonyl (C=O) groups is 2. The molecule has 3 rings (SSSR count). The second-order valence-corrected chi connectivity index (χ2v) is 9.04. The van der Waals surface area contributed by atoms with Crippen molar-refractivity contribution in [1.29, 1.82) is 0 Å². The van der Waals surface area contributed by atoms with Gasteiger partial charge in [0, 0.05) is 25.4 Å². The Bertz CT molecular complexity index is 1100. The van der Waals surface area contributed by atoms with E-state index in [1.54, 1.807) is 0 Å². The number of amides is 1. The first-order valence-corrected chi connectivity index (χ1v) is 12.0. The summed E-state index contributed by atoms with van der Waals surface area (Å²) in [5.74, 6) is -0.625. The summed E-state index contributed by atoms with van der Waals surface area (Å²) < 4.78 is 0. The van der Waals surface area contributed by atoms with Crippen LogP contribution in [0, 0.1) is 5.92 Å². The molecule has 0 aliphatic heterocycles. The molecule has 0 heterocycles. The second-order valence-electron chi connectivity index (χ2n) is 9.04. The molecular formula is C29H35N3O3. The molecule has 0 spiro atoms. The van der Waals surface area contributed by atoms with Crippen molar-refractivity contribution in [1.82, 2.24) is 10.6 Å². The molecule has 6 heteroatoms. The van der Waals surface area contributed by atoms with E-state index in [-0.39, 0.29) is 24.0 Å². The molecule has 3 aromatic carbocycles. The molecule has 0 aromatic heterocycles. The molecule has 0 aliphatic carbocycles. The van der Waals surface area contributed by atoms with Crippen molar-refractivity contribution in [3.05, 3.63) is 95.6 Å². The predicted molar refractivity (Wildman–Crippen MR) is 139 cm³/mol. The molecule has 0 radical (unpaired) electrons. The Morgan fingerprint density at radius 3 is 2.20 bits per heavy atom. The van der Waals surface area contributed by atoms with Crippen LogP contribution in [0.4, 0.5) is 0 Å². The standard InChI is InChI=1S/C29H35N3O3/c1-20(15-22-11-13-26(14-12-22)25-9-4-3-5-10-25)28(34)32-27(16-21(2)33)29(35)31-19-24-8-6-7-23(17-24)18-30/h3-14,17,20,27,29,31,35H,15-16,18-19,30H2,1-2H3,(H,32,34)/t20-,27-,29+/m0/s1. The molecule has 35 heavy (non-hydrogen) atoms. The van der Waals surface area contributed by atoms with Gasteiger partial charge in [0.15, 0.2) is 0 Å². The molecule has 0 saturated carbocycles. The zero-order chi connectivity index (χ0) is 25.2. The fourth-order valence-electron chi connectivity index (χ4n) is 4.02. The number of aliphatic hydroxyl groups is 1. The van der Waals surface area contributed by atoms with E-state index in [2.05, 4.69) is 34.9 Å². The summed E-state index contributed by atoms with van der Waals surface area (Å²) in [7, 11) is 0. The lowest BCUT2D eigenvalue weighted by atomic mass is 9.97. The van der Waals surface area contributed by atoms with Crippen molar-refractivity contribution in [2.75, 3.05) is 0 Å². The molecule has 0 unspecified atom stereocenters. The molecule has 0 saturated heterocycles. The second kappa shape index (κ2) is 13.0. The van der Waals surface area contributed by atoms with E-state index in [1.165, 1.54) is 6.92 Å². The van der Waals surface area contributed by atoms with Gasteiger partial charge in [0.1, 0.15) is 12.0 Å². The molecule has 6 nitrogen and oxygen atoms in total. The summed E-state index contributed by atoms with van der Waals surface area (Å²) in [5.41, 5.74) is 11.0. The normalized spacial score (nSPS) is 13.6. The van der Waals surface area contributed by atoms with Gasteiger partial charge in [-0.05, 0) is 41.2 Å². The Morgan fingerprint density at radius 1 is 0.886 bits per heavy atom. The van der Waals surface area contributed by atoms with E-state index < -0.39 is 12.3 Å². The number of rotatable bonds is 12. The van der Waals surface area contributed by atoms with Crippen LogP contribution in [0.2, 0.25) is 0 Å². The van der Waals surface area contributed by atoms with Crippen LogP contribution in [0.5, 0.6) is 0 Å². The largest absolute Gasteiger partial charge is 0.376 e. The lowest BCUT2D eigenvalue weighted by Gasteiger charge is -2.26. The van der Waals surface area contributed by atoms with Crippen LogP contribution in [0.25, 0.3) is 11.1 Å². The van der Waals surface area contributed by atoms with Gasteiger partial charge in [-0.25, -0.2) is 0 Å².